The van der Waals surface area contributed by atoms with Crippen molar-refractivity contribution in [1.82, 2.24) is 5.32 Å². The number of nitrogens with one attached hydrogen (secondary N) is 1. The van der Waals surface area contributed by atoms with E-state index in [0.29, 0.717) is 18.9 Å². The molecular weight excluding hydrogens is 130 g/mol. The molecule has 0 unspecified atom stereocenters. The highest BCUT2D eigenvalue weighted by atomic mass is 16.3. The lowest BCUT2D eigenvalue weighted by Crippen LogP contribution is -2.22. The summed E-state index contributed by atoms with van der Waals surface area (Å²) < 4.78 is 0. The van der Waals surface area contributed by atoms with Gasteiger partial charge in [-0.15, -0.1) is 0 Å². The summed E-state index contributed by atoms with van der Waals surface area (Å²) in [5.74, 6) is 0.603. The first-order chi connectivity index (χ1) is 4.77. The summed E-state index contributed by atoms with van der Waals surface area (Å²) in [4.78, 5) is 3.95. The van der Waals surface area contributed by atoms with Crippen LogP contribution in [0.5, 0.6) is 0 Å². The van der Waals surface area contributed by atoms with E-state index in [2.05, 4.69) is 10.3 Å². The molecule has 0 aliphatic heterocycles. The number of nitrogens with two attached hydrogens (primary N) is 1. The normalized spacial score (nSPS) is 12.0. The zero-order valence-electron chi connectivity index (χ0n) is 6.30. The zero-order valence-corrected chi connectivity index (χ0v) is 6.30. The second kappa shape index (κ2) is 6.51. The first-order valence-corrected chi connectivity index (χ1v) is 3.35. The summed E-state index contributed by atoms with van der Waals surface area (Å²) in [5, 5.41) is 11.3. The van der Waals surface area contributed by atoms with E-state index in [1.165, 1.54) is 0 Å². The minimum Gasteiger partial charge on any atom is -0.395 e. The Hall–Kier alpha value is -0.610. The van der Waals surface area contributed by atoms with Gasteiger partial charge in [0.15, 0.2) is 0 Å². The predicted molar refractivity (Wildman–Crippen MR) is 42.1 cm³/mol. The maximum Gasteiger partial charge on any atom is 0.0906 e. The van der Waals surface area contributed by atoms with Crippen molar-refractivity contribution in [1.29, 1.82) is 0 Å². The molecule has 4 nitrogen and oxygen atoms in total. The van der Waals surface area contributed by atoms with Gasteiger partial charge in [0.2, 0.25) is 0 Å². The number of amidine groups is 1. The molecule has 0 rings (SSSR count). The minimum atomic E-state index is 0.172. The molecule has 0 fully saturated rings. The van der Waals surface area contributed by atoms with Gasteiger partial charge in [-0.3, -0.25) is 4.99 Å². The van der Waals surface area contributed by atoms with Crippen LogP contribution < -0.4 is 11.1 Å². The summed E-state index contributed by atoms with van der Waals surface area (Å²) in [5.41, 5.74) is 5.28. The van der Waals surface area contributed by atoms with Gasteiger partial charge in [-0.1, -0.05) is 0 Å². The SMILES string of the molecule is CC(N)=NCCNCCO. The second-order valence-electron chi connectivity index (χ2n) is 2.00. The largest absolute Gasteiger partial charge is 0.395 e. The number of aliphatic hydroxyl groups excluding tert-OH is 1. The minimum absolute atomic E-state index is 0.172. The fourth-order valence-corrected chi connectivity index (χ4v) is 0.515. The van der Waals surface area contributed by atoms with Crippen LogP contribution in [0, 0.1) is 0 Å². The van der Waals surface area contributed by atoms with Crippen LogP contribution in [0.1, 0.15) is 6.92 Å². The zero-order chi connectivity index (χ0) is 7.82. The number of aliphatic imine (C=N–C) groups is 1. The average Bonchev–Trinajstić information content (AvgIpc) is 1.87. The van der Waals surface area contributed by atoms with Gasteiger partial charge in [-0.05, 0) is 6.92 Å². The molecule has 0 saturated heterocycles. The van der Waals surface area contributed by atoms with E-state index in [0.717, 1.165) is 6.54 Å². The van der Waals surface area contributed by atoms with Gasteiger partial charge in [0.05, 0.1) is 19.0 Å². The predicted octanol–water partition coefficient (Wildman–Crippen LogP) is -1.05. The standard InChI is InChI=1S/C6H15N3O/c1-6(7)9-3-2-8-4-5-10/h8,10H,2-5H2,1H3,(H2,7,9). The summed E-state index contributed by atoms with van der Waals surface area (Å²) in [6, 6.07) is 0. The molecule has 0 saturated carbocycles. The summed E-state index contributed by atoms with van der Waals surface area (Å²) >= 11 is 0. The lowest BCUT2D eigenvalue weighted by Gasteiger charge is -1.97. The summed E-state index contributed by atoms with van der Waals surface area (Å²) in [6.45, 7) is 4.01. The van der Waals surface area contributed by atoms with Crippen LogP contribution in [0.15, 0.2) is 4.99 Å². The number of hydrogen-bond donors (Lipinski definition) is 3. The topological polar surface area (TPSA) is 70.6 Å². The quantitative estimate of drug-likeness (QED) is 0.262. The molecule has 0 aromatic carbocycles. The van der Waals surface area contributed by atoms with Crippen molar-refractivity contribution < 1.29 is 5.11 Å². The van der Waals surface area contributed by atoms with Gasteiger partial charge in [0, 0.05) is 13.1 Å². The second-order valence-corrected chi connectivity index (χ2v) is 2.00. The molecule has 0 spiro atoms. The molecule has 4 N–H and O–H groups in total. The van der Waals surface area contributed by atoms with Gasteiger partial charge < -0.3 is 16.2 Å². The highest BCUT2D eigenvalue weighted by molar-refractivity contribution is 5.77. The van der Waals surface area contributed by atoms with Crippen LogP contribution in [-0.2, 0) is 0 Å². The van der Waals surface area contributed by atoms with Crippen LogP contribution in [0.4, 0.5) is 0 Å². The average molecular weight is 145 g/mol. The van der Waals surface area contributed by atoms with Crippen LogP contribution in [0.2, 0.25) is 0 Å². The Balaban J connectivity index is 2.98. The van der Waals surface area contributed by atoms with E-state index in [1.807, 2.05) is 0 Å². The number of hydrogen-bond acceptors (Lipinski definition) is 3. The summed E-state index contributed by atoms with van der Waals surface area (Å²) in [6.07, 6.45) is 0. The molecule has 0 bridgehead atoms. The fraction of sp³-hybridized carbons (Fsp3) is 0.833. The van der Waals surface area contributed by atoms with E-state index < -0.39 is 0 Å². The molecule has 0 aromatic heterocycles. The molecule has 0 atom stereocenters. The molecule has 0 aliphatic rings. The highest BCUT2D eigenvalue weighted by Gasteiger charge is 1.83. The van der Waals surface area contributed by atoms with E-state index in [9.17, 15) is 0 Å². The molecule has 0 aliphatic carbocycles. The first kappa shape index (κ1) is 9.39. The van der Waals surface area contributed by atoms with Crippen molar-refractivity contribution in [2.24, 2.45) is 10.7 Å². The van der Waals surface area contributed by atoms with Crippen molar-refractivity contribution in [2.45, 2.75) is 6.92 Å². The van der Waals surface area contributed by atoms with Crippen LogP contribution in [0.3, 0.4) is 0 Å². The van der Waals surface area contributed by atoms with Gasteiger partial charge in [-0.25, -0.2) is 0 Å². The Morgan fingerprint density at radius 2 is 2.30 bits per heavy atom. The Morgan fingerprint density at radius 3 is 2.80 bits per heavy atom. The summed E-state index contributed by atoms with van der Waals surface area (Å²) in [7, 11) is 0. The van der Waals surface area contributed by atoms with E-state index in [-0.39, 0.29) is 6.61 Å². The van der Waals surface area contributed by atoms with E-state index >= 15 is 0 Å². The van der Waals surface area contributed by atoms with Crippen molar-refractivity contribution in [2.75, 3.05) is 26.2 Å². The maximum atomic E-state index is 8.35. The van der Waals surface area contributed by atoms with Crippen molar-refractivity contribution in [3.63, 3.8) is 0 Å². The van der Waals surface area contributed by atoms with E-state index in [4.69, 9.17) is 10.8 Å². The molecule has 0 heterocycles. The molecule has 10 heavy (non-hydrogen) atoms. The van der Waals surface area contributed by atoms with Crippen molar-refractivity contribution >= 4 is 5.84 Å². The number of aliphatic hydroxyl groups is 1. The smallest absolute Gasteiger partial charge is 0.0906 e. The lowest BCUT2D eigenvalue weighted by molar-refractivity contribution is 0.293. The van der Waals surface area contributed by atoms with Gasteiger partial charge in [0.1, 0.15) is 0 Å². The van der Waals surface area contributed by atoms with Crippen molar-refractivity contribution in [3.8, 4) is 0 Å². The lowest BCUT2D eigenvalue weighted by atomic mass is 10.6. The van der Waals surface area contributed by atoms with Gasteiger partial charge in [-0.2, -0.15) is 0 Å². The highest BCUT2D eigenvalue weighted by Crippen LogP contribution is 1.68. The maximum absolute atomic E-state index is 8.35. The Labute approximate surface area is 61.1 Å². The molecule has 60 valence electrons. The fourth-order valence-electron chi connectivity index (χ4n) is 0.515. The van der Waals surface area contributed by atoms with Gasteiger partial charge in [0.25, 0.3) is 0 Å². The Kier molecular flexibility index (Phi) is 6.11. The van der Waals surface area contributed by atoms with Crippen molar-refractivity contribution in [3.05, 3.63) is 0 Å². The number of nitrogens with zero attached hydrogens (tertiary/aromatic N) is 1. The number of rotatable bonds is 5. The Morgan fingerprint density at radius 1 is 1.60 bits per heavy atom. The van der Waals surface area contributed by atoms with Crippen LogP contribution in [0.25, 0.3) is 0 Å². The van der Waals surface area contributed by atoms with E-state index in [1.54, 1.807) is 6.92 Å². The molecule has 0 radical (unpaired) electrons. The molecule has 0 aromatic rings. The Bertz CT molecular complexity index is 99.2. The monoisotopic (exact) mass is 145 g/mol. The molecule has 4 heteroatoms. The molecule has 0 amide bonds. The first-order valence-electron chi connectivity index (χ1n) is 3.35. The third kappa shape index (κ3) is 7.39. The third-order valence-corrected chi connectivity index (χ3v) is 0.938. The third-order valence-electron chi connectivity index (χ3n) is 0.938. The van der Waals surface area contributed by atoms with Crippen LogP contribution in [-0.4, -0.2) is 37.2 Å². The van der Waals surface area contributed by atoms with Crippen LogP contribution >= 0.6 is 0 Å². The van der Waals surface area contributed by atoms with Gasteiger partial charge >= 0.3 is 0 Å². The molecular formula is C6H15N3O.